The summed E-state index contributed by atoms with van der Waals surface area (Å²) in [6.07, 6.45) is 3.63. The number of aromatic nitrogens is 2. The molecule has 0 aliphatic carbocycles. The Hall–Kier alpha value is -1.99. The molecule has 5 nitrogen and oxygen atoms in total. The summed E-state index contributed by atoms with van der Waals surface area (Å²) in [5, 5.41) is 10.1. The van der Waals surface area contributed by atoms with E-state index in [4.69, 9.17) is 0 Å². The van der Waals surface area contributed by atoms with Crippen LogP contribution in [0.5, 0.6) is 0 Å². The Morgan fingerprint density at radius 2 is 2.04 bits per heavy atom. The van der Waals surface area contributed by atoms with Crippen LogP contribution in [0.3, 0.4) is 0 Å². The minimum absolute atomic E-state index is 0. The lowest BCUT2D eigenvalue weighted by Gasteiger charge is -2.21. The van der Waals surface area contributed by atoms with Gasteiger partial charge < -0.3 is 10.6 Å². The van der Waals surface area contributed by atoms with E-state index in [1.165, 1.54) is 18.2 Å². The Labute approximate surface area is 151 Å². The summed E-state index contributed by atoms with van der Waals surface area (Å²) in [7, 11) is 1.82. The topological polar surface area (TPSA) is 59.0 Å². The van der Waals surface area contributed by atoms with E-state index in [0.29, 0.717) is 13.1 Å². The molecule has 25 heavy (non-hydrogen) atoms. The molecule has 0 spiro atoms. The van der Waals surface area contributed by atoms with Crippen LogP contribution in [0.25, 0.3) is 0 Å². The highest BCUT2D eigenvalue weighted by molar-refractivity contribution is 5.85. The fourth-order valence-corrected chi connectivity index (χ4v) is 3.25. The van der Waals surface area contributed by atoms with Crippen molar-refractivity contribution in [2.24, 2.45) is 13.0 Å². The number of nitrogens with zero attached hydrogens (tertiary/aromatic N) is 2. The molecule has 0 radical (unpaired) electrons. The van der Waals surface area contributed by atoms with Gasteiger partial charge >= 0.3 is 0 Å². The fourth-order valence-electron chi connectivity index (χ4n) is 3.25. The van der Waals surface area contributed by atoms with Crippen LogP contribution in [0.4, 0.5) is 8.78 Å². The number of hydrogen-bond donors (Lipinski definition) is 2. The molecule has 1 saturated heterocycles. The lowest BCUT2D eigenvalue weighted by molar-refractivity contribution is -0.125. The van der Waals surface area contributed by atoms with Gasteiger partial charge in [-0.05, 0) is 24.6 Å². The molecule has 1 aliphatic heterocycles. The molecule has 1 unspecified atom stereocenters. The second-order valence-corrected chi connectivity index (χ2v) is 6.18. The molecule has 0 saturated carbocycles. The number of benzene rings is 1. The maximum Gasteiger partial charge on any atom is 0.225 e. The van der Waals surface area contributed by atoms with E-state index in [2.05, 4.69) is 15.7 Å². The van der Waals surface area contributed by atoms with Gasteiger partial charge in [0.05, 0.1) is 18.2 Å². The zero-order valence-corrected chi connectivity index (χ0v) is 14.8. The van der Waals surface area contributed by atoms with Gasteiger partial charge in [-0.1, -0.05) is 6.07 Å². The van der Waals surface area contributed by atoms with E-state index >= 15 is 0 Å². The molecule has 2 N–H and O–H groups in total. The predicted molar refractivity (Wildman–Crippen MR) is 92.5 cm³/mol. The Bertz CT molecular complexity index is 732. The van der Waals surface area contributed by atoms with Crippen molar-refractivity contribution >= 4 is 18.3 Å². The first-order chi connectivity index (χ1) is 11.5. The van der Waals surface area contributed by atoms with Gasteiger partial charge in [-0.2, -0.15) is 5.10 Å². The summed E-state index contributed by atoms with van der Waals surface area (Å²) in [6.45, 7) is 2.78. The van der Waals surface area contributed by atoms with E-state index in [1.807, 2.05) is 13.2 Å². The number of nitrogens with one attached hydrogen (secondary N) is 2. The summed E-state index contributed by atoms with van der Waals surface area (Å²) in [4.78, 5) is 12.6. The molecule has 1 aromatic carbocycles. The number of carbonyl (C=O) groups is 1. The highest BCUT2D eigenvalue weighted by Crippen LogP contribution is 2.29. The molecule has 8 heteroatoms. The third kappa shape index (κ3) is 3.99. The largest absolute Gasteiger partial charge is 0.349 e. The average molecular weight is 371 g/mol. The highest BCUT2D eigenvalue weighted by Gasteiger charge is 2.35. The van der Waals surface area contributed by atoms with Crippen LogP contribution in [0.2, 0.25) is 0 Å². The third-order valence-corrected chi connectivity index (χ3v) is 4.50. The first-order valence-electron chi connectivity index (χ1n) is 7.91. The van der Waals surface area contributed by atoms with Crippen molar-refractivity contribution in [1.29, 1.82) is 0 Å². The van der Waals surface area contributed by atoms with Gasteiger partial charge in [-0.3, -0.25) is 9.48 Å². The molecule has 2 aromatic rings. The van der Waals surface area contributed by atoms with E-state index in [-0.39, 0.29) is 35.7 Å². The summed E-state index contributed by atoms with van der Waals surface area (Å²) in [6, 6.07) is 2.95. The summed E-state index contributed by atoms with van der Waals surface area (Å²) in [5.74, 6) is -1.83. The number of carbonyl (C=O) groups excluding carboxylic acids is 1. The molecule has 1 aromatic heterocycles. The Morgan fingerprint density at radius 3 is 2.64 bits per heavy atom. The van der Waals surface area contributed by atoms with E-state index in [0.717, 1.165) is 5.56 Å². The molecule has 1 amide bonds. The first kappa shape index (κ1) is 19.3. The minimum atomic E-state index is -0.742. The molecule has 2 heterocycles. The molecular formula is C17H21ClF2N4O. The maximum absolute atomic E-state index is 13.9. The van der Waals surface area contributed by atoms with E-state index in [1.54, 1.807) is 17.8 Å². The molecule has 0 bridgehead atoms. The SMILES string of the molecule is CC(NC(=O)[C@H]1CNC[C@@H]1c1cnn(C)c1)c1c(F)cccc1F.Cl. The van der Waals surface area contributed by atoms with Gasteiger partial charge in [-0.25, -0.2) is 8.78 Å². The van der Waals surface area contributed by atoms with Crippen LogP contribution in [0, 0.1) is 17.6 Å². The quantitative estimate of drug-likeness (QED) is 0.868. The molecule has 1 fully saturated rings. The van der Waals surface area contributed by atoms with Crippen LogP contribution in [0.15, 0.2) is 30.6 Å². The lowest BCUT2D eigenvalue weighted by atomic mass is 9.90. The first-order valence-corrected chi connectivity index (χ1v) is 7.91. The molecule has 3 atom stereocenters. The van der Waals surface area contributed by atoms with Crippen molar-refractivity contribution in [3.05, 3.63) is 53.4 Å². The van der Waals surface area contributed by atoms with Gasteiger partial charge in [0.15, 0.2) is 0 Å². The van der Waals surface area contributed by atoms with E-state index in [9.17, 15) is 13.6 Å². The van der Waals surface area contributed by atoms with Crippen molar-refractivity contribution in [2.75, 3.05) is 13.1 Å². The van der Waals surface area contributed by atoms with Crippen molar-refractivity contribution < 1.29 is 13.6 Å². The Kier molecular flexibility index (Phi) is 6.13. The van der Waals surface area contributed by atoms with Crippen molar-refractivity contribution in [3.8, 4) is 0 Å². The zero-order chi connectivity index (χ0) is 17.3. The maximum atomic E-state index is 13.9. The average Bonchev–Trinajstić information content (AvgIpc) is 3.15. The zero-order valence-electron chi connectivity index (χ0n) is 14.0. The van der Waals surface area contributed by atoms with E-state index < -0.39 is 17.7 Å². The molecular weight excluding hydrogens is 350 g/mol. The van der Waals surface area contributed by atoms with Crippen molar-refractivity contribution in [3.63, 3.8) is 0 Å². The molecule has 3 rings (SSSR count). The van der Waals surface area contributed by atoms with Gasteiger partial charge in [0.2, 0.25) is 5.91 Å². The van der Waals surface area contributed by atoms with Gasteiger partial charge in [0, 0.05) is 37.8 Å². The number of aryl methyl sites for hydroxylation is 1. The predicted octanol–water partition coefficient (Wildman–Crippen LogP) is 2.30. The number of amides is 1. The summed E-state index contributed by atoms with van der Waals surface area (Å²) < 4.78 is 29.4. The second-order valence-electron chi connectivity index (χ2n) is 6.18. The van der Waals surface area contributed by atoms with Crippen molar-refractivity contribution in [2.45, 2.75) is 18.9 Å². The standard InChI is InChI=1S/C17H20F2N4O.ClH/c1-10(16-14(18)4-3-5-15(16)19)22-17(24)13-8-20-7-12(13)11-6-21-23(2)9-11;/h3-6,9-10,12-13,20H,7-8H2,1-2H3,(H,22,24);1H/t10?,12-,13+;/m1./s1. The Morgan fingerprint density at radius 1 is 1.36 bits per heavy atom. The number of halogens is 3. The molecule has 1 aliphatic rings. The van der Waals surface area contributed by atoms with Crippen LogP contribution in [-0.4, -0.2) is 28.8 Å². The van der Waals surface area contributed by atoms with Crippen LogP contribution >= 0.6 is 12.4 Å². The smallest absolute Gasteiger partial charge is 0.225 e. The Balaban J connectivity index is 0.00000225. The fraction of sp³-hybridized carbons (Fsp3) is 0.412. The number of hydrogen-bond acceptors (Lipinski definition) is 3. The van der Waals surface area contributed by atoms with Gasteiger partial charge in [0.25, 0.3) is 0 Å². The van der Waals surface area contributed by atoms with Crippen LogP contribution in [0.1, 0.15) is 30.0 Å². The van der Waals surface area contributed by atoms with Crippen LogP contribution < -0.4 is 10.6 Å². The monoisotopic (exact) mass is 370 g/mol. The number of rotatable bonds is 4. The van der Waals surface area contributed by atoms with Crippen LogP contribution in [-0.2, 0) is 11.8 Å². The second kappa shape index (κ2) is 7.93. The summed E-state index contributed by atoms with van der Waals surface area (Å²) in [5.41, 5.74) is 0.863. The molecule has 136 valence electrons. The van der Waals surface area contributed by atoms with Gasteiger partial charge in [0.1, 0.15) is 11.6 Å². The normalized spacial score (nSPS) is 20.8. The lowest BCUT2D eigenvalue weighted by Crippen LogP contribution is -2.36. The summed E-state index contributed by atoms with van der Waals surface area (Å²) >= 11 is 0. The highest BCUT2D eigenvalue weighted by atomic mass is 35.5. The van der Waals surface area contributed by atoms with Gasteiger partial charge in [-0.15, -0.1) is 12.4 Å². The minimum Gasteiger partial charge on any atom is -0.349 e. The van der Waals surface area contributed by atoms with Crippen molar-refractivity contribution in [1.82, 2.24) is 20.4 Å². The third-order valence-electron chi connectivity index (χ3n) is 4.50.